The Hall–Kier alpha value is -3.40. The average Bonchev–Trinajstić information content (AvgIpc) is 2.61. The van der Waals surface area contributed by atoms with Gasteiger partial charge >= 0.3 is 0 Å². The summed E-state index contributed by atoms with van der Waals surface area (Å²) in [6, 6.07) is 19.8. The molecule has 3 rings (SSSR count). The molecule has 0 unspecified atom stereocenters. The molecular weight excluding hydrogens is 314 g/mol. The third kappa shape index (κ3) is 4.54. The fraction of sp³-hybridized carbons (Fsp3) is 0.0476. The maximum absolute atomic E-state index is 11.9. The van der Waals surface area contributed by atoms with Gasteiger partial charge in [0.15, 0.2) is 5.43 Å². The number of rotatable bonds is 4. The Balaban J connectivity index is 1.83. The summed E-state index contributed by atoms with van der Waals surface area (Å²) in [5.41, 5.74) is 2.42. The Morgan fingerprint density at radius 1 is 0.960 bits per heavy atom. The second kappa shape index (κ2) is 7.45. The van der Waals surface area contributed by atoms with Gasteiger partial charge in [-0.15, -0.1) is 0 Å². The molecule has 0 saturated heterocycles. The minimum atomic E-state index is -0.109. The molecule has 2 aromatic carbocycles. The summed E-state index contributed by atoms with van der Waals surface area (Å²) in [5, 5.41) is 2.72. The molecule has 1 aromatic heterocycles. The van der Waals surface area contributed by atoms with Crippen molar-refractivity contribution in [3.63, 3.8) is 0 Å². The Kier molecular flexibility index (Phi) is 4.90. The van der Waals surface area contributed by atoms with E-state index >= 15 is 0 Å². The standard InChI is InChI=1S/C21H17NO3/c1-15(23)22-18-10-7-16(8-11-18)9-12-20-13-19(24)14-21(25-20)17-5-3-2-4-6-17/h2-14H,1H3,(H,22,23)/b12-9+. The molecule has 4 heteroatoms. The van der Waals surface area contributed by atoms with Gasteiger partial charge in [0.05, 0.1) is 0 Å². The minimum Gasteiger partial charge on any atom is -0.456 e. The summed E-state index contributed by atoms with van der Waals surface area (Å²) in [4.78, 5) is 22.9. The Bertz CT molecular complexity index is 954. The number of hydrogen-bond donors (Lipinski definition) is 1. The van der Waals surface area contributed by atoms with Gasteiger partial charge in [0.2, 0.25) is 5.91 Å². The molecule has 0 spiro atoms. The molecule has 1 N–H and O–H groups in total. The van der Waals surface area contributed by atoms with E-state index in [4.69, 9.17) is 4.42 Å². The van der Waals surface area contributed by atoms with E-state index in [0.717, 1.165) is 16.8 Å². The summed E-state index contributed by atoms with van der Waals surface area (Å²) in [6.07, 6.45) is 3.60. The zero-order valence-electron chi connectivity index (χ0n) is 13.7. The van der Waals surface area contributed by atoms with Gasteiger partial charge in [0, 0.05) is 30.3 Å². The molecule has 0 radical (unpaired) electrons. The van der Waals surface area contributed by atoms with Crippen molar-refractivity contribution < 1.29 is 9.21 Å². The van der Waals surface area contributed by atoms with Crippen LogP contribution in [0.5, 0.6) is 0 Å². The van der Waals surface area contributed by atoms with Gasteiger partial charge in [-0.2, -0.15) is 0 Å². The molecule has 124 valence electrons. The molecule has 0 atom stereocenters. The molecule has 0 aliphatic rings. The molecule has 0 aliphatic heterocycles. The first kappa shape index (κ1) is 16.5. The van der Waals surface area contributed by atoms with Crippen LogP contribution in [0.25, 0.3) is 23.5 Å². The van der Waals surface area contributed by atoms with E-state index in [9.17, 15) is 9.59 Å². The number of anilines is 1. The van der Waals surface area contributed by atoms with E-state index in [0.29, 0.717) is 11.5 Å². The van der Waals surface area contributed by atoms with E-state index in [1.54, 1.807) is 6.08 Å². The molecule has 0 bridgehead atoms. The van der Waals surface area contributed by atoms with Gasteiger partial charge in [-0.1, -0.05) is 48.5 Å². The molecule has 4 nitrogen and oxygen atoms in total. The van der Waals surface area contributed by atoms with Crippen LogP contribution in [0.2, 0.25) is 0 Å². The highest BCUT2D eigenvalue weighted by atomic mass is 16.3. The Morgan fingerprint density at radius 3 is 2.36 bits per heavy atom. The van der Waals surface area contributed by atoms with Crippen molar-refractivity contribution >= 4 is 23.7 Å². The van der Waals surface area contributed by atoms with Gasteiger partial charge in [-0.05, 0) is 23.8 Å². The van der Waals surface area contributed by atoms with Crippen molar-refractivity contribution in [2.75, 3.05) is 5.32 Å². The number of carbonyl (C=O) groups is 1. The normalized spacial score (nSPS) is 10.8. The van der Waals surface area contributed by atoms with E-state index in [2.05, 4.69) is 5.32 Å². The molecule has 3 aromatic rings. The highest BCUT2D eigenvalue weighted by molar-refractivity contribution is 5.88. The van der Waals surface area contributed by atoms with Gasteiger partial charge in [0.25, 0.3) is 0 Å². The van der Waals surface area contributed by atoms with E-state index in [-0.39, 0.29) is 11.3 Å². The fourth-order valence-corrected chi connectivity index (χ4v) is 2.38. The molecule has 1 heterocycles. The van der Waals surface area contributed by atoms with E-state index in [1.807, 2.05) is 60.7 Å². The Labute approximate surface area is 145 Å². The van der Waals surface area contributed by atoms with Crippen LogP contribution in [0, 0.1) is 0 Å². The first-order valence-corrected chi connectivity index (χ1v) is 7.86. The summed E-state index contributed by atoms with van der Waals surface area (Å²) in [6.45, 7) is 1.47. The maximum Gasteiger partial charge on any atom is 0.221 e. The smallest absolute Gasteiger partial charge is 0.221 e. The monoisotopic (exact) mass is 331 g/mol. The van der Waals surface area contributed by atoms with Crippen LogP contribution in [-0.4, -0.2) is 5.91 Å². The number of benzene rings is 2. The van der Waals surface area contributed by atoms with Gasteiger partial charge in [0.1, 0.15) is 11.5 Å². The van der Waals surface area contributed by atoms with Crippen LogP contribution in [0.3, 0.4) is 0 Å². The maximum atomic E-state index is 11.9. The van der Waals surface area contributed by atoms with Crippen molar-refractivity contribution in [3.8, 4) is 11.3 Å². The first-order chi connectivity index (χ1) is 12.1. The lowest BCUT2D eigenvalue weighted by molar-refractivity contribution is -0.114. The molecule has 0 fully saturated rings. The SMILES string of the molecule is CC(=O)Nc1ccc(/C=C/c2cc(=O)cc(-c3ccccc3)o2)cc1. The van der Waals surface area contributed by atoms with Crippen molar-refractivity contribution in [2.24, 2.45) is 0 Å². The summed E-state index contributed by atoms with van der Waals surface area (Å²) < 4.78 is 5.80. The van der Waals surface area contributed by atoms with Crippen molar-refractivity contribution in [1.29, 1.82) is 0 Å². The molecule has 0 aliphatic carbocycles. The lowest BCUT2D eigenvalue weighted by Gasteiger charge is -2.03. The lowest BCUT2D eigenvalue weighted by Crippen LogP contribution is -2.05. The molecule has 25 heavy (non-hydrogen) atoms. The lowest BCUT2D eigenvalue weighted by atomic mass is 10.1. The second-order valence-corrected chi connectivity index (χ2v) is 5.56. The van der Waals surface area contributed by atoms with E-state index < -0.39 is 0 Å². The summed E-state index contributed by atoms with van der Waals surface area (Å²) >= 11 is 0. The minimum absolute atomic E-state index is 0.106. The molecule has 1 amide bonds. The zero-order valence-corrected chi connectivity index (χ0v) is 13.7. The van der Waals surface area contributed by atoms with Gasteiger partial charge in [-0.3, -0.25) is 9.59 Å². The predicted molar refractivity (Wildman–Crippen MR) is 100 cm³/mol. The van der Waals surface area contributed by atoms with Crippen LogP contribution in [0.1, 0.15) is 18.2 Å². The zero-order chi connectivity index (χ0) is 17.6. The third-order valence-corrected chi connectivity index (χ3v) is 3.52. The molecule has 0 saturated carbocycles. The van der Waals surface area contributed by atoms with Crippen molar-refractivity contribution in [1.82, 2.24) is 0 Å². The average molecular weight is 331 g/mol. The van der Waals surface area contributed by atoms with E-state index in [1.165, 1.54) is 19.1 Å². The third-order valence-electron chi connectivity index (χ3n) is 3.52. The largest absolute Gasteiger partial charge is 0.456 e. The van der Waals surface area contributed by atoms with Crippen molar-refractivity contribution in [2.45, 2.75) is 6.92 Å². The van der Waals surface area contributed by atoms with Crippen LogP contribution in [0.4, 0.5) is 5.69 Å². The van der Waals surface area contributed by atoms with Crippen LogP contribution >= 0.6 is 0 Å². The number of carbonyl (C=O) groups excluding carboxylic acids is 1. The Morgan fingerprint density at radius 2 is 1.68 bits per heavy atom. The number of nitrogens with one attached hydrogen (secondary N) is 1. The first-order valence-electron chi connectivity index (χ1n) is 7.86. The fourth-order valence-electron chi connectivity index (χ4n) is 2.38. The summed E-state index contributed by atoms with van der Waals surface area (Å²) in [7, 11) is 0. The summed E-state index contributed by atoms with van der Waals surface area (Å²) in [5.74, 6) is 0.911. The highest BCUT2D eigenvalue weighted by Crippen LogP contribution is 2.19. The van der Waals surface area contributed by atoms with Crippen LogP contribution < -0.4 is 10.7 Å². The molecular formula is C21H17NO3. The number of hydrogen-bond acceptors (Lipinski definition) is 3. The number of amides is 1. The predicted octanol–water partition coefficient (Wildman–Crippen LogP) is 4.44. The van der Waals surface area contributed by atoms with Crippen LogP contribution in [-0.2, 0) is 4.79 Å². The highest BCUT2D eigenvalue weighted by Gasteiger charge is 2.03. The van der Waals surface area contributed by atoms with Gasteiger partial charge in [-0.25, -0.2) is 0 Å². The van der Waals surface area contributed by atoms with Gasteiger partial charge < -0.3 is 9.73 Å². The second-order valence-electron chi connectivity index (χ2n) is 5.56. The quantitative estimate of drug-likeness (QED) is 0.769. The van der Waals surface area contributed by atoms with Crippen LogP contribution in [0.15, 0.2) is 75.9 Å². The topological polar surface area (TPSA) is 59.3 Å². The van der Waals surface area contributed by atoms with Crippen molar-refractivity contribution in [3.05, 3.63) is 88.3 Å².